The molecule has 0 aliphatic rings. The molecule has 1 aromatic rings. The van der Waals surface area contributed by atoms with Gasteiger partial charge in [0.15, 0.2) is 11.5 Å². The van der Waals surface area contributed by atoms with Gasteiger partial charge in [0, 0.05) is 0 Å². The van der Waals surface area contributed by atoms with Crippen LogP contribution in [0.1, 0.15) is 24.2 Å². The Morgan fingerprint density at radius 3 is 2.50 bits per heavy atom. The molecule has 0 saturated carbocycles. The molecular weight excluding hydrogens is 232 g/mol. The van der Waals surface area contributed by atoms with Crippen LogP contribution in [-0.2, 0) is 0 Å². The van der Waals surface area contributed by atoms with Crippen LogP contribution in [0.4, 0.5) is 0 Å². The van der Waals surface area contributed by atoms with Crippen LogP contribution < -0.4 is 9.47 Å². The van der Waals surface area contributed by atoms with Gasteiger partial charge in [-0.3, -0.25) is 0 Å². The summed E-state index contributed by atoms with van der Waals surface area (Å²) in [5.74, 6) is -0.374. The van der Waals surface area contributed by atoms with Crippen molar-refractivity contribution in [3.63, 3.8) is 0 Å². The van der Waals surface area contributed by atoms with Gasteiger partial charge in [-0.25, -0.2) is 4.79 Å². The molecule has 0 aromatic heterocycles. The molecule has 0 aliphatic heterocycles. The van der Waals surface area contributed by atoms with Crippen molar-refractivity contribution in [3.05, 3.63) is 22.7 Å². The normalized spacial score (nSPS) is 10.3. The van der Waals surface area contributed by atoms with Gasteiger partial charge in [0.05, 0.1) is 23.8 Å². The molecule has 0 heterocycles. The standard InChI is InChI=1S/C11H13ClO4/c1-6(2)16-9-5-7(11(13)14)4-8(12)10(9)15-3/h4-6H,1-3H3,(H,13,14). The van der Waals surface area contributed by atoms with Crippen molar-refractivity contribution in [1.82, 2.24) is 0 Å². The van der Waals surface area contributed by atoms with Crippen LogP contribution in [0.25, 0.3) is 0 Å². The van der Waals surface area contributed by atoms with E-state index in [1.165, 1.54) is 19.2 Å². The molecule has 0 amide bonds. The van der Waals surface area contributed by atoms with Gasteiger partial charge in [0.1, 0.15) is 0 Å². The molecule has 16 heavy (non-hydrogen) atoms. The number of methoxy groups -OCH3 is 1. The molecule has 5 heteroatoms. The largest absolute Gasteiger partial charge is 0.491 e. The lowest BCUT2D eigenvalue weighted by Crippen LogP contribution is -2.08. The fraction of sp³-hybridized carbons (Fsp3) is 0.364. The van der Waals surface area contributed by atoms with E-state index < -0.39 is 5.97 Å². The zero-order chi connectivity index (χ0) is 12.3. The van der Waals surface area contributed by atoms with E-state index in [1.54, 1.807) is 0 Å². The molecule has 1 rings (SSSR count). The maximum Gasteiger partial charge on any atom is 0.335 e. The molecule has 0 fully saturated rings. The van der Waals surface area contributed by atoms with E-state index in [0.717, 1.165) is 0 Å². The van der Waals surface area contributed by atoms with Gasteiger partial charge >= 0.3 is 5.97 Å². The zero-order valence-electron chi connectivity index (χ0n) is 9.28. The predicted octanol–water partition coefficient (Wildman–Crippen LogP) is 2.83. The Morgan fingerprint density at radius 1 is 1.44 bits per heavy atom. The lowest BCUT2D eigenvalue weighted by molar-refractivity contribution is 0.0696. The minimum absolute atomic E-state index is 0.0708. The number of carbonyl (C=O) groups is 1. The van der Waals surface area contributed by atoms with E-state index in [2.05, 4.69) is 0 Å². The summed E-state index contributed by atoms with van der Waals surface area (Å²) in [5.41, 5.74) is 0.0708. The average molecular weight is 245 g/mol. The number of aromatic carboxylic acids is 1. The predicted molar refractivity (Wildman–Crippen MR) is 60.7 cm³/mol. The molecule has 0 bridgehead atoms. The minimum Gasteiger partial charge on any atom is -0.491 e. The second-order valence-corrected chi connectivity index (χ2v) is 3.87. The molecule has 4 nitrogen and oxygen atoms in total. The van der Waals surface area contributed by atoms with Crippen molar-refractivity contribution >= 4 is 17.6 Å². The summed E-state index contributed by atoms with van der Waals surface area (Å²) >= 11 is 5.89. The van der Waals surface area contributed by atoms with E-state index in [9.17, 15) is 4.79 Å². The van der Waals surface area contributed by atoms with E-state index in [4.69, 9.17) is 26.2 Å². The first-order valence-electron chi connectivity index (χ1n) is 4.73. The Balaban J connectivity index is 3.25. The highest BCUT2D eigenvalue weighted by Gasteiger charge is 2.15. The molecular formula is C11H13ClO4. The summed E-state index contributed by atoms with van der Waals surface area (Å²) in [6, 6.07) is 2.73. The topological polar surface area (TPSA) is 55.8 Å². The van der Waals surface area contributed by atoms with Gasteiger partial charge in [0.25, 0.3) is 0 Å². The van der Waals surface area contributed by atoms with E-state index in [0.29, 0.717) is 11.5 Å². The van der Waals surface area contributed by atoms with E-state index in [-0.39, 0.29) is 16.7 Å². The number of halogens is 1. The molecule has 0 unspecified atom stereocenters. The van der Waals surface area contributed by atoms with Gasteiger partial charge in [-0.15, -0.1) is 0 Å². The van der Waals surface area contributed by atoms with E-state index >= 15 is 0 Å². The summed E-state index contributed by atoms with van der Waals surface area (Å²) in [7, 11) is 1.45. The zero-order valence-corrected chi connectivity index (χ0v) is 10.0. The fourth-order valence-electron chi connectivity index (χ4n) is 1.23. The highest BCUT2D eigenvalue weighted by atomic mass is 35.5. The Morgan fingerprint density at radius 2 is 2.06 bits per heavy atom. The molecule has 88 valence electrons. The lowest BCUT2D eigenvalue weighted by Gasteiger charge is -2.15. The van der Waals surface area contributed by atoms with Crippen LogP contribution in [0.3, 0.4) is 0 Å². The van der Waals surface area contributed by atoms with Crippen LogP contribution in [0.2, 0.25) is 5.02 Å². The molecule has 0 aliphatic carbocycles. The number of ether oxygens (including phenoxy) is 2. The number of benzene rings is 1. The first-order valence-corrected chi connectivity index (χ1v) is 5.11. The number of carboxylic acids is 1. The first-order chi connectivity index (χ1) is 7.45. The molecule has 1 aromatic carbocycles. The molecule has 0 spiro atoms. The van der Waals surface area contributed by atoms with Crippen LogP contribution >= 0.6 is 11.6 Å². The summed E-state index contributed by atoms with van der Waals surface area (Å²) in [6.45, 7) is 3.67. The maximum absolute atomic E-state index is 10.8. The van der Waals surface area contributed by atoms with Crippen LogP contribution in [0.15, 0.2) is 12.1 Å². The quantitative estimate of drug-likeness (QED) is 0.885. The summed E-state index contributed by atoms with van der Waals surface area (Å²) < 4.78 is 10.5. The van der Waals surface area contributed by atoms with Crippen LogP contribution in [0.5, 0.6) is 11.5 Å². The average Bonchev–Trinajstić information content (AvgIpc) is 2.16. The van der Waals surface area contributed by atoms with Crippen molar-refractivity contribution in [1.29, 1.82) is 0 Å². The Kier molecular flexibility index (Phi) is 4.01. The maximum atomic E-state index is 10.8. The number of rotatable bonds is 4. The first kappa shape index (κ1) is 12.6. The van der Waals surface area contributed by atoms with Crippen molar-refractivity contribution < 1.29 is 19.4 Å². The Bertz CT molecular complexity index is 401. The molecule has 0 saturated heterocycles. The Hall–Kier alpha value is -1.42. The van der Waals surface area contributed by atoms with E-state index in [1.807, 2.05) is 13.8 Å². The summed E-state index contributed by atoms with van der Waals surface area (Å²) in [4.78, 5) is 10.8. The highest BCUT2D eigenvalue weighted by molar-refractivity contribution is 6.32. The van der Waals surface area contributed by atoms with Gasteiger partial charge in [-0.05, 0) is 26.0 Å². The smallest absolute Gasteiger partial charge is 0.335 e. The van der Waals surface area contributed by atoms with Gasteiger partial charge in [-0.2, -0.15) is 0 Å². The number of carboxylic acid groups (broad SMARTS) is 1. The van der Waals surface area contributed by atoms with Gasteiger partial charge in [0.2, 0.25) is 0 Å². The van der Waals surface area contributed by atoms with Gasteiger partial charge < -0.3 is 14.6 Å². The van der Waals surface area contributed by atoms with Gasteiger partial charge in [-0.1, -0.05) is 11.6 Å². The van der Waals surface area contributed by atoms with Crippen LogP contribution in [0, 0.1) is 0 Å². The van der Waals surface area contributed by atoms with Crippen molar-refractivity contribution in [3.8, 4) is 11.5 Å². The third-order valence-electron chi connectivity index (χ3n) is 1.82. The third-order valence-corrected chi connectivity index (χ3v) is 2.10. The lowest BCUT2D eigenvalue weighted by atomic mass is 10.2. The van der Waals surface area contributed by atoms with Crippen LogP contribution in [-0.4, -0.2) is 24.3 Å². The monoisotopic (exact) mass is 244 g/mol. The summed E-state index contributed by atoms with van der Waals surface area (Å²) in [6.07, 6.45) is -0.0889. The second kappa shape index (κ2) is 5.07. The third kappa shape index (κ3) is 2.79. The highest BCUT2D eigenvalue weighted by Crippen LogP contribution is 2.36. The Labute approximate surface area is 98.7 Å². The van der Waals surface area contributed by atoms with Crippen molar-refractivity contribution in [2.45, 2.75) is 20.0 Å². The molecule has 0 radical (unpaired) electrons. The second-order valence-electron chi connectivity index (χ2n) is 3.46. The number of hydrogen-bond donors (Lipinski definition) is 1. The van der Waals surface area contributed by atoms with Crippen molar-refractivity contribution in [2.24, 2.45) is 0 Å². The minimum atomic E-state index is -1.06. The number of hydrogen-bond acceptors (Lipinski definition) is 3. The molecule has 1 N–H and O–H groups in total. The summed E-state index contributed by atoms with van der Waals surface area (Å²) in [5, 5.41) is 9.10. The molecule has 0 atom stereocenters. The fourth-order valence-corrected chi connectivity index (χ4v) is 1.52. The van der Waals surface area contributed by atoms with Crippen molar-refractivity contribution in [2.75, 3.05) is 7.11 Å². The SMILES string of the molecule is COc1c(Cl)cc(C(=O)O)cc1OC(C)C.